The highest BCUT2D eigenvalue weighted by atomic mass is 19.1. The fourth-order valence-corrected chi connectivity index (χ4v) is 2.05. The van der Waals surface area contributed by atoms with Gasteiger partial charge in [-0.05, 0) is 30.7 Å². The molecular formula is C17H17FN2O. The monoisotopic (exact) mass is 284 g/mol. The first-order valence-corrected chi connectivity index (χ1v) is 6.83. The minimum atomic E-state index is -0.169. The van der Waals surface area contributed by atoms with Gasteiger partial charge in [0.1, 0.15) is 17.6 Å². The Morgan fingerprint density at radius 3 is 2.52 bits per heavy atom. The van der Waals surface area contributed by atoms with Gasteiger partial charge in [0.25, 0.3) is 0 Å². The van der Waals surface area contributed by atoms with Crippen molar-refractivity contribution < 1.29 is 9.13 Å². The van der Waals surface area contributed by atoms with Gasteiger partial charge in [-0.1, -0.05) is 36.4 Å². The third-order valence-electron chi connectivity index (χ3n) is 3.11. The molecule has 0 spiro atoms. The predicted octanol–water partition coefficient (Wildman–Crippen LogP) is 3.06. The van der Waals surface area contributed by atoms with E-state index in [9.17, 15) is 4.39 Å². The molecule has 2 aromatic carbocycles. The van der Waals surface area contributed by atoms with Gasteiger partial charge >= 0.3 is 0 Å². The number of hydrogen-bond donors (Lipinski definition) is 1. The molecule has 0 bridgehead atoms. The fourth-order valence-electron chi connectivity index (χ4n) is 2.05. The van der Waals surface area contributed by atoms with Gasteiger partial charge < -0.3 is 10.1 Å². The summed E-state index contributed by atoms with van der Waals surface area (Å²) in [6, 6.07) is 16.3. The van der Waals surface area contributed by atoms with E-state index in [4.69, 9.17) is 10.00 Å². The summed E-state index contributed by atoms with van der Waals surface area (Å²) in [7, 11) is 0. The van der Waals surface area contributed by atoms with Gasteiger partial charge in [-0.3, -0.25) is 0 Å². The second-order valence-electron chi connectivity index (χ2n) is 4.57. The van der Waals surface area contributed by atoms with E-state index < -0.39 is 0 Å². The molecular weight excluding hydrogens is 267 g/mol. The Balaban J connectivity index is 1.84. The van der Waals surface area contributed by atoms with Crippen LogP contribution in [0.15, 0.2) is 48.5 Å². The second-order valence-corrected chi connectivity index (χ2v) is 4.57. The predicted molar refractivity (Wildman–Crippen MR) is 79.4 cm³/mol. The molecule has 3 nitrogen and oxygen atoms in total. The van der Waals surface area contributed by atoms with Crippen LogP contribution in [-0.2, 0) is 13.0 Å². The number of nitrogens with zero attached hydrogens (tertiary/aromatic N) is 1. The Kier molecular flexibility index (Phi) is 5.74. The van der Waals surface area contributed by atoms with Crippen LogP contribution in [0.1, 0.15) is 11.1 Å². The standard InChI is InChI=1S/C17H17FN2O/c18-16-7-3-1-5-14(16)9-11-20-13-15-6-2-4-8-17(15)21-12-10-19/h1-8,20H,9,11-13H2. The van der Waals surface area contributed by atoms with Crippen molar-refractivity contribution in [2.75, 3.05) is 13.2 Å². The Bertz CT molecular complexity index is 622. The summed E-state index contributed by atoms with van der Waals surface area (Å²) in [6.07, 6.45) is 0.633. The van der Waals surface area contributed by atoms with E-state index in [1.807, 2.05) is 36.4 Å². The third kappa shape index (κ3) is 4.59. The lowest BCUT2D eigenvalue weighted by Crippen LogP contribution is -2.17. The van der Waals surface area contributed by atoms with Crippen molar-refractivity contribution in [3.8, 4) is 11.8 Å². The van der Waals surface area contributed by atoms with E-state index in [1.165, 1.54) is 6.07 Å². The summed E-state index contributed by atoms with van der Waals surface area (Å²) >= 11 is 0. The number of halogens is 1. The molecule has 0 amide bonds. The van der Waals surface area contributed by atoms with Crippen molar-refractivity contribution in [2.24, 2.45) is 0 Å². The van der Waals surface area contributed by atoms with Crippen LogP contribution in [0.5, 0.6) is 5.75 Å². The maximum absolute atomic E-state index is 13.5. The molecule has 0 aromatic heterocycles. The molecule has 4 heteroatoms. The summed E-state index contributed by atoms with van der Waals surface area (Å²) in [5, 5.41) is 11.8. The van der Waals surface area contributed by atoms with Crippen molar-refractivity contribution in [1.82, 2.24) is 5.32 Å². The Morgan fingerprint density at radius 1 is 1.05 bits per heavy atom. The summed E-state index contributed by atoms with van der Waals surface area (Å²) < 4.78 is 18.8. The van der Waals surface area contributed by atoms with E-state index in [1.54, 1.807) is 12.1 Å². The van der Waals surface area contributed by atoms with Crippen LogP contribution in [0.25, 0.3) is 0 Å². The average molecular weight is 284 g/mol. The minimum Gasteiger partial charge on any atom is -0.478 e. The lowest BCUT2D eigenvalue weighted by molar-refractivity contribution is 0.362. The number of rotatable bonds is 7. The number of nitrogens with one attached hydrogen (secondary N) is 1. The Hall–Kier alpha value is -2.38. The molecule has 0 heterocycles. The molecule has 21 heavy (non-hydrogen) atoms. The first-order valence-electron chi connectivity index (χ1n) is 6.83. The van der Waals surface area contributed by atoms with Gasteiger partial charge in [-0.2, -0.15) is 5.26 Å². The maximum atomic E-state index is 13.5. The molecule has 2 aromatic rings. The highest BCUT2D eigenvalue weighted by molar-refractivity contribution is 5.33. The average Bonchev–Trinajstić information content (AvgIpc) is 2.52. The van der Waals surface area contributed by atoms with E-state index in [0.29, 0.717) is 30.8 Å². The van der Waals surface area contributed by atoms with Gasteiger partial charge in [0.15, 0.2) is 6.61 Å². The number of para-hydroxylation sites is 1. The van der Waals surface area contributed by atoms with Crippen LogP contribution in [0.2, 0.25) is 0 Å². The van der Waals surface area contributed by atoms with Crippen molar-refractivity contribution in [2.45, 2.75) is 13.0 Å². The van der Waals surface area contributed by atoms with E-state index in [0.717, 1.165) is 5.56 Å². The Morgan fingerprint density at radius 2 is 1.76 bits per heavy atom. The van der Waals surface area contributed by atoms with Gasteiger partial charge in [0.05, 0.1) is 0 Å². The molecule has 108 valence electrons. The number of benzene rings is 2. The largest absolute Gasteiger partial charge is 0.478 e. The first-order chi connectivity index (χ1) is 10.3. The molecule has 0 saturated carbocycles. The summed E-state index contributed by atoms with van der Waals surface area (Å²) in [4.78, 5) is 0. The van der Waals surface area contributed by atoms with Crippen molar-refractivity contribution in [3.05, 3.63) is 65.5 Å². The zero-order valence-corrected chi connectivity index (χ0v) is 11.7. The zero-order valence-electron chi connectivity index (χ0n) is 11.7. The van der Waals surface area contributed by atoms with Crippen molar-refractivity contribution in [3.63, 3.8) is 0 Å². The highest BCUT2D eigenvalue weighted by Crippen LogP contribution is 2.17. The lowest BCUT2D eigenvalue weighted by Gasteiger charge is -2.10. The lowest BCUT2D eigenvalue weighted by atomic mass is 10.1. The smallest absolute Gasteiger partial charge is 0.174 e. The van der Waals surface area contributed by atoms with Crippen LogP contribution in [0, 0.1) is 17.1 Å². The summed E-state index contributed by atoms with van der Waals surface area (Å²) in [5.41, 5.74) is 1.69. The van der Waals surface area contributed by atoms with Gasteiger partial charge in [-0.25, -0.2) is 4.39 Å². The SMILES string of the molecule is N#CCOc1ccccc1CNCCc1ccccc1F. The van der Waals surface area contributed by atoms with Crippen LogP contribution in [0.3, 0.4) is 0 Å². The normalized spacial score (nSPS) is 10.1. The second kappa shape index (κ2) is 8.03. The molecule has 0 aliphatic carbocycles. The number of ether oxygens (including phenoxy) is 1. The van der Waals surface area contributed by atoms with Gasteiger partial charge in [0.2, 0.25) is 0 Å². The fraction of sp³-hybridized carbons (Fsp3) is 0.235. The molecule has 2 rings (SSSR count). The van der Waals surface area contributed by atoms with Crippen LogP contribution >= 0.6 is 0 Å². The quantitative estimate of drug-likeness (QED) is 0.795. The van der Waals surface area contributed by atoms with Crippen LogP contribution in [0.4, 0.5) is 4.39 Å². The Labute approximate surface area is 124 Å². The van der Waals surface area contributed by atoms with Crippen molar-refractivity contribution >= 4 is 0 Å². The van der Waals surface area contributed by atoms with Gasteiger partial charge in [0, 0.05) is 12.1 Å². The van der Waals surface area contributed by atoms with Crippen molar-refractivity contribution in [1.29, 1.82) is 5.26 Å². The van der Waals surface area contributed by atoms with E-state index >= 15 is 0 Å². The number of nitriles is 1. The molecule has 0 fully saturated rings. The number of hydrogen-bond acceptors (Lipinski definition) is 3. The summed E-state index contributed by atoms with van der Waals surface area (Å²) in [6.45, 7) is 1.33. The molecule has 0 saturated heterocycles. The van der Waals surface area contributed by atoms with Crippen LogP contribution < -0.4 is 10.1 Å². The molecule has 0 aliphatic rings. The molecule has 0 unspecified atom stereocenters. The zero-order chi connectivity index (χ0) is 14.9. The molecule has 1 N–H and O–H groups in total. The minimum absolute atomic E-state index is 0.0340. The molecule has 0 aliphatic heterocycles. The van der Waals surface area contributed by atoms with Gasteiger partial charge in [-0.15, -0.1) is 0 Å². The van der Waals surface area contributed by atoms with E-state index in [2.05, 4.69) is 5.32 Å². The topological polar surface area (TPSA) is 45.0 Å². The third-order valence-corrected chi connectivity index (χ3v) is 3.11. The molecule has 0 radical (unpaired) electrons. The highest BCUT2D eigenvalue weighted by Gasteiger charge is 2.03. The maximum Gasteiger partial charge on any atom is 0.174 e. The molecule has 0 atom stereocenters. The van der Waals surface area contributed by atoms with E-state index in [-0.39, 0.29) is 12.4 Å². The first kappa shape index (κ1) is 15.0. The summed E-state index contributed by atoms with van der Waals surface area (Å²) in [5.74, 6) is 0.537. The van der Waals surface area contributed by atoms with Crippen LogP contribution in [-0.4, -0.2) is 13.2 Å².